The van der Waals surface area contributed by atoms with Crippen molar-refractivity contribution in [3.05, 3.63) is 69.0 Å². The number of fused-ring (bicyclic) bond motifs is 1. The lowest BCUT2D eigenvalue weighted by Gasteiger charge is -2.27. The normalized spacial score (nSPS) is 11.9. The van der Waals surface area contributed by atoms with Gasteiger partial charge in [-0.1, -0.05) is 12.0 Å². The summed E-state index contributed by atoms with van der Waals surface area (Å²) in [7, 11) is -4.14. The molecular formula is C27H28FN5O7S. The lowest BCUT2D eigenvalue weighted by molar-refractivity contribution is -0.139. The van der Waals surface area contributed by atoms with Crippen molar-refractivity contribution in [3.8, 4) is 12.3 Å². The number of aromatic nitrogens is 2. The molecule has 0 aliphatic heterocycles. The van der Waals surface area contributed by atoms with Gasteiger partial charge in [-0.15, -0.1) is 6.42 Å². The average Bonchev–Trinajstić information content (AvgIpc) is 2.85. The van der Waals surface area contributed by atoms with Gasteiger partial charge in [0.1, 0.15) is 17.7 Å². The molecule has 216 valence electrons. The highest BCUT2D eigenvalue weighted by atomic mass is 32.2. The first-order valence-corrected chi connectivity index (χ1v) is 13.9. The molecule has 3 rings (SSSR count). The molecule has 3 aromatic rings. The number of amides is 2. The van der Waals surface area contributed by atoms with Crippen LogP contribution in [-0.2, 0) is 26.2 Å². The molecule has 1 unspecified atom stereocenters. The lowest BCUT2D eigenvalue weighted by atomic mass is 10.0. The van der Waals surface area contributed by atoms with E-state index < -0.39 is 51.8 Å². The maximum atomic E-state index is 15.3. The maximum absolute atomic E-state index is 15.3. The second kappa shape index (κ2) is 12.6. The van der Waals surface area contributed by atoms with Crippen LogP contribution in [-0.4, -0.2) is 59.6 Å². The first-order chi connectivity index (χ1) is 19.2. The number of benzene rings is 2. The van der Waals surface area contributed by atoms with E-state index in [1.807, 2.05) is 0 Å². The number of carboxylic acid groups (broad SMARTS) is 1. The largest absolute Gasteiger partial charge is 0.480 e. The van der Waals surface area contributed by atoms with Gasteiger partial charge in [0.25, 0.3) is 11.5 Å². The Bertz CT molecular complexity index is 1730. The van der Waals surface area contributed by atoms with Gasteiger partial charge in [-0.3, -0.25) is 19.1 Å². The van der Waals surface area contributed by atoms with E-state index in [2.05, 4.69) is 21.2 Å². The highest BCUT2D eigenvalue weighted by Crippen LogP contribution is 2.28. The third-order valence-electron chi connectivity index (χ3n) is 6.05. The molecule has 0 spiro atoms. The molecule has 12 nitrogen and oxygen atoms in total. The van der Waals surface area contributed by atoms with Crippen molar-refractivity contribution in [1.82, 2.24) is 20.0 Å². The number of rotatable bonds is 11. The predicted octanol–water partition coefficient (Wildman–Crippen LogP) is 1.36. The van der Waals surface area contributed by atoms with Crippen molar-refractivity contribution in [3.63, 3.8) is 0 Å². The molecule has 2 aromatic carbocycles. The second-order valence-electron chi connectivity index (χ2n) is 9.27. The molecule has 0 bridgehead atoms. The zero-order chi connectivity index (χ0) is 30.5. The smallest absolute Gasteiger partial charge is 0.326 e. The minimum absolute atomic E-state index is 0.0160. The molecule has 0 radical (unpaired) electrons. The summed E-state index contributed by atoms with van der Waals surface area (Å²) in [6, 6.07) is 5.28. The number of nitrogens with zero attached hydrogens (tertiary/aromatic N) is 2. The highest BCUT2D eigenvalue weighted by molar-refractivity contribution is 7.90. The van der Waals surface area contributed by atoms with Gasteiger partial charge < -0.3 is 20.3 Å². The van der Waals surface area contributed by atoms with E-state index in [0.29, 0.717) is 22.3 Å². The van der Waals surface area contributed by atoms with Gasteiger partial charge in [0.15, 0.2) is 0 Å². The van der Waals surface area contributed by atoms with Gasteiger partial charge in [-0.05, 0) is 55.7 Å². The fraction of sp³-hybridized carbons (Fsp3) is 0.296. The van der Waals surface area contributed by atoms with Gasteiger partial charge in [-0.2, -0.15) is 0 Å². The van der Waals surface area contributed by atoms with Gasteiger partial charge in [0, 0.05) is 13.5 Å². The number of hydrogen-bond donors (Lipinski definition) is 4. The Morgan fingerprint density at radius 2 is 1.95 bits per heavy atom. The molecule has 0 saturated carbocycles. The van der Waals surface area contributed by atoms with Crippen LogP contribution in [0.4, 0.5) is 10.1 Å². The van der Waals surface area contributed by atoms with Crippen LogP contribution in [0.25, 0.3) is 10.9 Å². The molecule has 0 saturated heterocycles. The Hall–Kier alpha value is -4.77. The summed E-state index contributed by atoms with van der Waals surface area (Å²) in [5, 5.41) is 12.1. The highest BCUT2D eigenvalue weighted by Gasteiger charge is 2.27. The van der Waals surface area contributed by atoms with Crippen molar-refractivity contribution in [2.45, 2.75) is 39.8 Å². The molecule has 0 aliphatic rings. The van der Waals surface area contributed by atoms with Crippen molar-refractivity contribution in [2.75, 3.05) is 17.2 Å². The van der Waals surface area contributed by atoms with Crippen molar-refractivity contribution < 1.29 is 32.3 Å². The monoisotopic (exact) mass is 585 g/mol. The van der Waals surface area contributed by atoms with Crippen LogP contribution in [0.15, 0.2) is 35.1 Å². The summed E-state index contributed by atoms with van der Waals surface area (Å²) in [5.41, 5.74) is 0.986. The quantitative estimate of drug-likeness (QED) is 0.242. The predicted molar refractivity (Wildman–Crippen MR) is 149 cm³/mol. The standard InChI is InChI=1S/C27H28FN5O7S/c1-5-10-33(14-18-13-20-23(12-15(18)2)29-16(3)30-26(20)36)24-19(7-6-8-21(24)28)25(35)31-22(27(37)38)9-11-41(39,40)32-17(4)34/h1,6-8,12-13,22H,9-11,14H2,2-4H3,(H,31,35)(H,32,34)(H,37,38)(H,29,30,36). The number of sulfonamides is 1. The van der Waals surface area contributed by atoms with Crippen LogP contribution in [0.3, 0.4) is 0 Å². The van der Waals surface area contributed by atoms with Crippen LogP contribution in [0.2, 0.25) is 0 Å². The summed E-state index contributed by atoms with van der Waals surface area (Å²) in [6.07, 6.45) is 4.99. The molecule has 0 aliphatic carbocycles. The van der Waals surface area contributed by atoms with Gasteiger partial charge in [-0.25, -0.2) is 22.6 Å². The van der Waals surface area contributed by atoms with E-state index in [1.54, 1.807) is 30.7 Å². The summed E-state index contributed by atoms with van der Waals surface area (Å²) in [5.74, 6) is -2.09. The number of halogens is 1. The number of aryl methyl sites for hydroxylation is 2. The number of para-hydroxylation sites is 1. The Balaban J connectivity index is 1.96. The van der Waals surface area contributed by atoms with E-state index in [9.17, 15) is 32.7 Å². The topological polar surface area (TPSA) is 179 Å². The van der Waals surface area contributed by atoms with E-state index in [1.165, 1.54) is 17.0 Å². The lowest BCUT2D eigenvalue weighted by Crippen LogP contribution is -2.43. The minimum Gasteiger partial charge on any atom is -0.480 e. The Labute approximate surface area is 235 Å². The third kappa shape index (κ3) is 7.67. The van der Waals surface area contributed by atoms with Crippen LogP contribution in [0.5, 0.6) is 0 Å². The number of anilines is 1. The van der Waals surface area contributed by atoms with E-state index >= 15 is 4.39 Å². The molecule has 1 aromatic heterocycles. The Morgan fingerprint density at radius 1 is 1.24 bits per heavy atom. The van der Waals surface area contributed by atoms with Crippen LogP contribution >= 0.6 is 0 Å². The number of terminal acetylenes is 1. The average molecular weight is 586 g/mol. The minimum atomic E-state index is -4.14. The molecule has 1 heterocycles. The second-order valence-corrected chi connectivity index (χ2v) is 11.1. The molecule has 14 heteroatoms. The molecule has 4 N–H and O–H groups in total. The molecule has 1 atom stereocenters. The number of H-pyrrole nitrogens is 1. The van der Waals surface area contributed by atoms with Crippen molar-refractivity contribution >= 4 is 44.4 Å². The van der Waals surface area contributed by atoms with Crippen molar-refractivity contribution in [2.24, 2.45) is 0 Å². The number of aliphatic carboxylic acids is 1. The van der Waals surface area contributed by atoms with Gasteiger partial charge in [0.2, 0.25) is 15.9 Å². The SMILES string of the molecule is C#CCN(Cc1cc2c(=O)[nH]c(C)nc2cc1C)c1c(F)cccc1C(=O)NC(CCS(=O)(=O)NC(C)=O)C(=O)O. The molecule has 41 heavy (non-hydrogen) atoms. The molecule has 2 amide bonds. The number of carbonyl (C=O) groups is 3. The number of carboxylic acids is 1. The van der Waals surface area contributed by atoms with Crippen LogP contribution in [0.1, 0.15) is 40.7 Å². The summed E-state index contributed by atoms with van der Waals surface area (Å²) in [4.78, 5) is 56.9. The Morgan fingerprint density at radius 3 is 2.59 bits per heavy atom. The third-order valence-corrected chi connectivity index (χ3v) is 7.42. The summed E-state index contributed by atoms with van der Waals surface area (Å²) in [6.45, 7) is 4.25. The zero-order valence-corrected chi connectivity index (χ0v) is 23.3. The maximum Gasteiger partial charge on any atom is 0.326 e. The fourth-order valence-corrected chi connectivity index (χ4v) is 5.29. The van der Waals surface area contributed by atoms with E-state index in [0.717, 1.165) is 18.6 Å². The van der Waals surface area contributed by atoms with Gasteiger partial charge in [0.05, 0.1) is 34.5 Å². The number of nitrogens with one attached hydrogen (secondary N) is 3. The van der Waals surface area contributed by atoms with Gasteiger partial charge >= 0.3 is 5.97 Å². The van der Waals surface area contributed by atoms with Crippen molar-refractivity contribution in [1.29, 1.82) is 0 Å². The number of carbonyl (C=O) groups excluding carboxylic acids is 2. The fourth-order valence-electron chi connectivity index (χ4n) is 4.21. The van der Waals surface area contributed by atoms with Crippen LogP contribution in [0, 0.1) is 32.0 Å². The summed E-state index contributed by atoms with van der Waals surface area (Å²) < 4.78 is 40.9. The number of aromatic amines is 1. The van der Waals surface area contributed by atoms with E-state index in [4.69, 9.17) is 6.42 Å². The first-order valence-electron chi connectivity index (χ1n) is 12.2. The first kappa shape index (κ1) is 30.8. The van der Waals surface area contributed by atoms with Crippen LogP contribution < -0.4 is 20.5 Å². The zero-order valence-electron chi connectivity index (χ0n) is 22.4. The Kier molecular flexibility index (Phi) is 9.46. The summed E-state index contributed by atoms with van der Waals surface area (Å²) >= 11 is 0. The van der Waals surface area contributed by atoms with E-state index in [-0.39, 0.29) is 29.9 Å². The molecule has 0 fully saturated rings. The molecular weight excluding hydrogens is 557 g/mol. The number of hydrogen-bond acceptors (Lipinski definition) is 8.